The van der Waals surface area contributed by atoms with E-state index in [1.165, 1.54) is 11.3 Å². The lowest BCUT2D eigenvalue weighted by atomic mass is 10.0. The van der Waals surface area contributed by atoms with Crippen LogP contribution in [-0.4, -0.2) is 35.4 Å². The molecule has 5 nitrogen and oxygen atoms in total. The van der Waals surface area contributed by atoms with Crippen molar-refractivity contribution in [1.82, 2.24) is 10.6 Å². The van der Waals surface area contributed by atoms with Crippen molar-refractivity contribution in [3.8, 4) is 0 Å². The van der Waals surface area contributed by atoms with Crippen LogP contribution in [0.4, 0.5) is 0 Å². The summed E-state index contributed by atoms with van der Waals surface area (Å²) in [7, 11) is 0. The SMILES string of the molecule is CC1=C(C(=O)OCCc2ccc(Cl)s2)C(CO)NC(=S)N1. The minimum absolute atomic E-state index is 0.232. The zero-order chi connectivity index (χ0) is 15.4. The highest BCUT2D eigenvalue weighted by atomic mass is 35.5. The smallest absolute Gasteiger partial charge is 0.337 e. The molecule has 1 atom stereocenters. The molecule has 0 fully saturated rings. The van der Waals surface area contributed by atoms with Crippen LogP contribution in [0.1, 0.15) is 11.8 Å². The molecule has 0 bridgehead atoms. The maximum Gasteiger partial charge on any atom is 0.337 e. The number of thiocarbonyl (C=S) groups is 1. The van der Waals surface area contributed by atoms with Gasteiger partial charge in [-0.05, 0) is 31.3 Å². The molecule has 0 amide bonds. The van der Waals surface area contributed by atoms with Crippen LogP contribution < -0.4 is 10.6 Å². The number of ether oxygens (including phenoxy) is 1. The fourth-order valence-electron chi connectivity index (χ4n) is 2.01. The number of nitrogens with one attached hydrogen (secondary N) is 2. The lowest BCUT2D eigenvalue weighted by Gasteiger charge is -2.28. The summed E-state index contributed by atoms with van der Waals surface area (Å²) in [5.74, 6) is -0.461. The number of thiophene rings is 1. The topological polar surface area (TPSA) is 70.6 Å². The van der Waals surface area contributed by atoms with E-state index in [2.05, 4.69) is 10.6 Å². The molecule has 0 aromatic carbocycles. The second-order valence-electron chi connectivity index (χ2n) is 4.46. The van der Waals surface area contributed by atoms with E-state index >= 15 is 0 Å². The molecular formula is C13H15ClN2O3S2. The van der Waals surface area contributed by atoms with Gasteiger partial charge in [0.05, 0.1) is 29.2 Å². The van der Waals surface area contributed by atoms with Crippen molar-refractivity contribution < 1.29 is 14.6 Å². The molecule has 1 aromatic heterocycles. The van der Waals surface area contributed by atoms with Gasteiger partial charge in [-0.2, -0.15) is 0 Å². The minimum atomic E-state index is -0.539. The highest BCUT2D eigenvalue weighted by molar-refractivity contribution is 7.80. The Hall–Kier alpha value is -1.15. The maximum absolute atomic E-state index is 12.1. The van der Waals surface area contributed by atoms with Crippen LogP contribution in [0.15, 0.2) is 23.4 Å². The fraction of sp³-hybridized carbons (Fsp3) is 0.385. The lowest BCUT2D eigenvalue weighted by molar-refractivity contribution is -0.139. The summed E-state index contributed by atoms with van der Waals surface area (Å²) in [6.45, 7) is 1.75. The van der Waals surface area contributed by atoms with Crippen molar-refractivity contribution in [3.05, 3.63) is 32.6 Å². The molecule has 2 heterocycles. The Morgan fingerprint density at radius 3 is 2.95 bits per heavy atom. The third-order valence-corrected chi connectivity index (χ3v) is 4.48. The highest BCUT2D eigenvalue weighted by Gasteiger charge is 2.29. The highest BCUT2D eigenvalue weighted by Crippen LogP contribution is 2.22. The Morgan fingerprint density at radius 2 is 2.33 bits per heavy atom. The van der Waals surface area contributed by atoms with E-state index in [0.29, 0.717) is 27.1 Å². The van der Waals surface area contributed by atoms with E-state index in [1.54, 1.807) is 6.92 Å². The molecule has 21 heavy (non-hydrogen) atoms. The van der Waals surface area contributed by atoms with Gasteiger partial charge in [0, 0.05) is 17.0 Å². The molecule has 1 aliphatic rings. The summed E-state index contributed by atoms with van der Waals surface area (Å²) in [5.41, 5.74) is 0.970. The number of halogens is 1. The van der Waals surface area contributed by atoms with Gasteiger partial charge in [0.15, 0.2) is 5.11 Å². The van der Waals surface area contributed by atoms with Gasteiger partial charge in [-0.1, -0.05) is 11.6 Å². The summed E-state index contributed by atoms with van der Waals surface area (Å²) in [6, 6.07) is 3.18. The van der Waals surface area contributed by atoms with Gasteiger partial charge < -0.3 is 20.5 Å². The Kier molecular flexibility index (Phi) is 5.58. The molecule has 0 radical (unpaired) electrons. The van der Waals surface area contributed by atoms with Gasteiger partial charge >= 0.3 is 5.97 Å². The average Bonchev–Trinajstić information content (AvgIpc) is 2.83. The number of esters is 1. The van der Waals surface area contributed by atoms with Crippen LogP contribution in [0, 0.1) is 0 Å². The fourth-order valence-corrected chi connectivity index (χ4v) is 3.37. The van der Waals surface area contributed by atoms with E-state index in [4.69, 9.17) is 28.6 Å². The zero-order valence-electron chi connectivity index (χ0n) is 11.3. The number of carbonyl (C=O) groups is 1. The first kappa shape index (κ1) is 16.2. The van der Waals surface area contributed by atoms with Crippen molar-refractivity contribution in [2.24, 2.45) is 0 Å². The maximum atomic E-state index is 12.1. The van der Waals surface area contributed by atoms with Gasteiger partial charge in [0.2, 0.25) is 0 Å². The predicted molar refractivity (Wildman–Crippen MR) is 86.4 cm³/mol. The molecule has 0 saturated heterocycles. The zero-order valence-corrected chi connectivity index (χ0v) is 13.7. The van der Waals surface area contributed by atoms with Crippen molar-refractivity contribution in [2.45, 2.75) is 19.4 Å². The molecule has 0 saturated carbocycles. The molecule has 2 rings (SSSR count). The number of allylic oxidation sites excluding steroid dienone is 1. The minimum Gasteiger partial charge on any atom is -0.462 e. The molecular weight excluding hydrogens is 332 g/mol. The van der Waals surface area contributed by atoms with Gasteiger partial charge in [0.1, 0.15) is 0 Å². The molecule has 1 aromatic rings. The normalized spacial score (nSPS) is 18.2. The van der Waals surface area contributed by atoms with Crippen LogP contribution in [0.25, 0.3) is 0 Å². The molecule has 0 spiro atoms. The first-order chi connectivity index (χ1) is 10.0. The number of hydrogen-bond acceptors (Lipinski definition) is 5. The van der Waals surface area contributed by atoms with Gasteiger partial charge in [-0.15, -0.1) is 11.3 Å². The molecule has 1 unspecified atom stereocenters. The number of hydrogen-bond donors (Lipinski definition) is 3. The van der Waals surface area contributed by atoms with Crippen LogP contribution in [-0.2, 0) is 16.0 Å². The van der Waals surface area contributed by atoms with E-state index in [9.17, 15) is 9.90 Å². The van der Waals surface area contributed by atoms with Crippen LogP contribution >= 0.6 is 35.2 Å². The van der Waals surface area contributed by atoms with E-state index in [0.717, 1.165) is 4.88 Å². The van der Waals surface area contributed by atoms with Crippen molar-refractivity contribution in [2.75, 3.05) is 13.2 Å². The Morgan fingerprint density at radius 1 is 1.57 bits per heavy atom. The molecule has 0 aliphatic carbocycles. The molecule has 114 valence electrons. The average molecular weight is 347 g/mol. The van der Waals surface area contributed by atoms with Crippen LogP contribution in [0.3, 0.4) is 0 Å². The number of aliphatic hydroxyl groups excluding tert-OH is 1. The van der Waals surface area contributed by atoms with E-state index in [1.807, 2.05) is 12.1 Å². The molecule has 1 aliphatic heterocycles. The third-order valence-electron chi connectivity index (χ3n) is 2.97. The number of rotatable bonds is 5. The van der Waals surface area contributed by atoms with Crippen molar-refractivity contribution >= 4 is 46.2 Å². The van der Waals surface area contributed by atoms with Crippen LogP contribution in [0.2, 0.25) is 4.34 Å². The molecule has 8 heteroatoms. The monoisotopic (exact) mass is 346 g/mol. The van der Waals surface area contributed by atoms with Gasteiger partial charge in [0.25, 0.3) is 0 Å². The Bertz CT molecular complexity index is 586. The van der Waals surface area contributed by atoms with E-state index < -0.39 is 12.0 Å². The van der Waals surface area contributed by atoms with E-state index in [-0.39, 0.29) is 13.2 Å². The third kappa shape index (κ3) is 4.16. The second kappa shape index (κ2) is 7.22. The van der Waals surface area contributed by atoms with Crippen LogP contribution in [0.5, 0.6) is 0 Å². The standard InChI is InChI=1S/C13H15ClN2O3S2/c1-7-11(9(6-17)16-13(20)15-7)12(18)19-5-4-8-2-3-10(14)21-8/h2-3,9,17H,4-6H2,1H3,(H2,15,16,20). The summed E-state index contributed by atoms with van der Waals surface area (Å²) in [5, 5.41) is 15.4. The Labute approximate surface area is 136 Å². The lowest BCUT2D eigenvalue weighted by Crippen LogP contribution is -2.51. The molecule has 3 N–H and O–H groups in total. The first-order valence-electron chi connectivity index (χ1n) is 6.31. The number of aliphatic hydroxyl groups is 1. The largest absolute Gasteiger partial charge is 0.462 e. The Balaban J connectivity index is 1.95. The van der Waals surface area contributed by atoms with Crippen molar-refractivity contribution in [1.29, 1.82) is 0 Å². The van der Waals surface area contributed by atoms with Crippen molar-refractivity contribution in [3.63, 3.8) is 0 Å². The first-order valence-corrected chi connectivity index (χ1v) is 7.92. The van der Waals surface area contributed by atoms with Gasteiger partial charge in [-0.3, -0.25) is 0 Å². The summed E-state index contributed by atoms with van der Waals surface area (Å²) in [6.07, 6.45) is 0.610. The quantitative estimate of drug-likeness (QED) is 0.556. The van der Waals surface area contributed by atoms with Gasteiger partial charge in [-0.25, -0.2) is 4.79 Å². The number of carbonyl (C=O) groups excluding carboxylic acids is 1. The summed E-state index contributed by atoms with van der Waals surface area (Å²) >= 11 is 12.3. The second-order valence-corrected chi connectivity index (χ2v) is 6.67. The summed E-state index contributed by atoms with van der Waals surface area (Å²) < 4.78 is 5.98. The predicted octanol–water partition coefficient (Wildman–Crippen LogP) is 1.60. The summed E-state index contributed by atoms with van der Waals surface area (Å²) in [4.78, 5) is 13.2.